The zero-order chi connectivity index (χ0) is 45.2. The van der Waals surface area contributed by atoms with Crippen LogP contribution in [0, 0.1) is 17.5 Å². The first kappa shape index (κ1) is 43.5. The van der Waals surface area contributed by atoms with Crippen molar-refractivity contribution in [2.45, 2.75) is 83.6 Å². The Morgan fingerprint density at radius 1 is 0.906 bits per heavy atom. The van der Waals surface area contributed by atoms with E-state index in [1.807, 2.05) is 0 Å². The van der Waals surface area contributed by atoms with Gasteiger partial charge in [0.15, 0.2) is 11.6 Å². The van der Waals surface area contributed by atoms with Gasteiger partial charge in [-0.3, -0.25) is 38.4 Å². The van der Waals surface area contributed by atoms with Gasteiger partial charge in [0, 0.05) is 73.0 Å². The summed E-state index contributed by atoms with van der Waals surface area (Å²) in [5, 5.41) is 21.4. The molecule has 0 bridgehead atoms. The predicted molar refractivity (Wildman–Crippen MR) is 225 cm³/mol. The lowest BCUT2D eigenvalue weighted by Crippen LogP contribution is -2.52. The molecule has 1 unspecified atom stereocenters. The van der Waals surface area contributed by atoms with Crippen LogP contribution < -0.4 is 27.3 Å². The molecule has 3 N–H and O–H groups in total. The number of nitrogens with one attached hydrogen (secondary N) is 3. The first-order valence-corrected chi connectivity index (χ1v) is 20.8. The lowest BCUT2D eigenvalue weighted by molar-refractivity contribution is -0.137. The topological polar surface area (TPSA) is 213 Å². The smallest absolute Gasteiger partial charge is 0.326 e. The molecule has 64 heavy (non-hydrogen) atoms. The summed E-state index contributed by atoms with van der Waals surface area (Å²) in [7, 11) is 1.72. The number of aromatic nitrogens is 8. The van der Waals surface area contributed by atoms with Crippen LogP contribution in [0.4, 0.5) is 30.5 Å². The third kappa shape index (κ3) is 9.29. The number of rotatable bonds is 16. The fourth-order valence-corrected chi connectivity index (χ4v) is 8.04. The Kier molecular flexibility index (Phi) is 12.4. The Labute approximate surface area is 366 Å². The second-order valence-electron chi connectivity index (χ2n) is 15.6. The number of halogens is 4. The van der Waals surface area contributed by atoms with Gasteiger partial charge in [-0.1, -0.05) is 42.1 Å². The summed E-state index contributed by atoms with van der Waals surface area (Å²) in [4.78, 5) is 82.8. The zero-order valence-electron chi connectivity index (χ0n) is 34.2. The van der Waals surface area contributed by atoms with Gasteiger partial charge >= 0.3 is 11.4 Å². The van der Waals surface area contributed by atoms with E-state index in [0.717, 1.165) is 28.4 Å². The Balaban J connectivity index is 0.849. The lowest BCUT2D eigenvalue weighted by Gasteiger charge is -2.29. The molecule has 1 fully saturated rings. The summed E-state index contributed by atoms with van der Waals surface area (Å²) in [6.07, 6.45) is 7.68. The number of piperidine rings is 1. The quantitative estimate of drug-likeness (QED) is 0.0698. The number of carbonyl (C=O) groups excluding carboxylic acids is 4. The van der Waals surface area contributed by atoms with Gasteiger partial charge in [-0.2, -0.15) is 10.1 Å². The highest BCUT2D eigenvalue weighted by Gasteiger charge is 2.40. The van der Waals surface area contributed by atoms with E-state index in [4.69, 9.17) is 11.6 Å². The van der Waals surface area contributed by atoms with Crippen LogP contribution >= 0.6 is 11.6 Å². The monoisotopic (exact) mass is 900 g/mol. The van der Waals surface area contributed by atoms with E-state index < -0.39 is 47.3 Å². The van der Waals surface area contributed by atoms with Crippen molar-refractivity contribution in [3.05, 3.63) is 121 Å². The number of benzene rings is 3. The van der Waals surface area contributed by atoms with E-state index in [2.05, 4.69) is 36.3 Å². The summed E-state index contributed by atoms with van der Waals surface area (Å²) in [5.41, 5.74) is 0.315. The van der Waals surface area contributed by atoms with Crippen molar-refractivity contribution in [2.24, 2.45) is 7.05 Å². The van der Waals surface area contributed by atoms with Crippen LogP contribution in [-0.2, 0) is 47.6 Å². The van der Waals surface area contributed by atoms with Crippen molar-refractivity contribution in [1.29, 1.82) is 0 Å². The first-order chi connectivity index (χ1) is 30.7. The molecule has 332 valence electrons. The fraction of sp³-hybridized carbons (Fsp3) is 0.333. The molecule has 6 aromatic rings. The number of unbranched alkanes of at least 4 members (excludes halogenated alkanes) is 4. The minimum atomic E-state index is -1.41. The van der Waals surface area contributed by atoms with Crippen LogP contribution in [-0.4, -0.2) is 73.5 Å². The standard InChI is InChI=1S/C42H40ClF3N12O6/c1-54-18-24-15-34(28(43)16-33(24)52-54)48-40-50-41(63)58(42(64)57(40)19-23-14-30(45)31(46)17-29(23)44)21-25-20-55(53-51-25)13-6-4-2-3-5-10-36(59)47-32-9-7-8-26-27(32)22-56(39(26)62)35-11-12-37(60)49-38(35)61/h7-9,14-18,20,35H,2-6,10-13,19,21-22H2,1H3,(H,47,59)(H,48,50,63)(H,49,60,61). The minimum absolute atomic E-state index is 0.145. The molecule has 1 atom stereocenters. The van der Waals surface area contributed by atoms with E-state index in [9.17, 15) is 41.9 Å². The maximum Gasteiger partial charge on any atom is 0.355 e. The second kappa shape index (κ2) is 18.3. The third-order valence-corrected chi connectivity index (χ3v) is 11.4. The lowest BCUT2D eigenvalue weighted by atomic mass is 10.0. The molecule has 0 spiro atoms. The molecule has 0 aliphatic carbocycles. The predicted octanol–water partition coefficient (Wildman–Crippen LogP) is 4.53. The van der Waals surface area contributed by atoms with E-state index in [0.29, 0.717) is 59.2 Å². The average molecular weight is 901 g/mol. The summed E-state index contributed by atoms with van der Waals surface area (Å²) in [6.45, 7) is -0.364. The van der Waals surface area contributed by atoms with Crippen LogP contribution in [0.1, 0.15) is 78.5 Å². The van der Waals surface area contributed by atoms with Gasteiger partial charge in [0.05, 0.1) is 35.5 Å². The van der Waals surface area contributed by atoms with Crippen LogP contribution in [0.5, 0.6) is 0 Å². The molecule has 22 heteroatoms. The molecule has 2 aliphatic heterocycles. The van der Waals surface area contributed by atoms with Crippen molar-refractivity contribution in [2.75, 3.05) is 10.6 Å². The van der Waals surface area contributed by atoms with E-state index in [1.165, 1.54) is 4.90 Å². The van der Waals surface area contributed by atoms with E-state index in [-0.39, 0.29) is 78.0 Å². The van der Waals surface area contributed by atoms with Gasteiger partial charge in [-0.15, -0.1) is 5.10 Å². The summed E-state index contributed by atoms with van der Waals surface area (Å²) >= 11 is 6.49. The SMILES string of the molecule is Cn1cc2cc(Nc3nc(=O)n(Cc4cn(CCCCCCCC(=O)Nc5cccc6c5CN(C5CCC(=O)NC5=O)C6=O)nn4)c(=O)n3Cc3cc(F)c(F)cc3F)c(Cl)cc2n1. The molecule has 0 radical (unpaired) electrons. The molecule has 3 aromatic heterocycles. The minimum Gasteiger partial charge on any atom is -0.326 e. The number of fused-ring (bicyclic) bond motifs is 2. The van der Waals surface area contributed by atoms with Crippen molar-refractivity contribution in [1.82, 2.24) is 49.1 Å². The van der Waals surface area contributed by atoms with Crippen molar-refractivity contribution < 1.29 is 32.3 Å². The Bertz CT molecular complexity index is 2970. The van der Waals surface area contributed by atoms with Gasteiger partial charge in [-0.25, -0.2) is 27.3 Å². The normalized spacial score (nSPS) is 14.9. The third-order valence-electron chi connectivity index (χ3n) is 11.1. The molecule has 18 nitrogen and oxygen atoms in total. The summed E-state index contributed by atoms with van der Waals surface area (Å²) in [5.74, 6) is -5.59. The largest absolute Gasteiger partial charge is 0.355 e. The number of nitrogens with zero attached hydrogens (tertiary/aromatic N) is 9. The highest BCUT2D eigenvalue weighted by molar-refractivity contribution is 6.34. The Morgan fingerprint density at radius 3 is 2.50 bits per heavy atom. The van der Waals surface area contributed by atoms with E-state index in [1.54, 1.807) is 59.1 Å². The zero-order valence-corrected chi connectivity index (χ0v) is 35.0. The average Bonchev–Trinajstić information content (AvgIpc) is 3.95. The molecule has 5 heterocycles. The highest BCUT2D eigenvalue weighted by Crippen LogP contribution is 2.33. The van der Waals surface area contributed by atoms with Gasteiger partial charge in [-0.05, 0) is 49.6 Å². The Morgan fingerprint density at radius 2 is 1.69 bits per heavy atom. The molecule has 2 aliphatic rings. The molecular formula is C42H40ClF3N12O6. The van der Waals surface area contributed by atoms with Crippen LogP contribution in [0.2, 0.25) is 5.02 Å². The molecular weight excluding hydrogens is 861 g/mol. The Hall–Kier alpha value is -7.16. The molecule has 3 aromatic carbocycles. The summed E-state index contributed by atoms with van der Waals surface area (Å²) in [6, 6.07) is 8.46. The number of anilines is 3. The van der Waals surface area contributed by atoms with E-state index >= 15 is 0 Å². The molecule has 1 saturated heterocycles. The number of imide groups is 1. The van der Waals surface area contributed by atoms with Gasteiger partial charge in [0.1, 0.15) is 17.6 Å². The number of carbonyl (C=O) groups is 4. The number of amides is 4. The van der Waals surface area contributed by atoms with Crippen molar-refractivity contribution in [3.63, 3.8) is 0 Å². The molecule has 0 saturated carbocycles. The maximum atomic E-state index is 14.9. The first-order valence-electron chi connectivity index (χ1n) is 20.4. The molecule has 8 rings (SSSR count). The number of hydrogen-bond acceptors (Lipinski definition) is 11. The fourth-order valence-electron chi connectivity index (χ4n) is 7.83. The van der Waals surface area contributed by atoms with Crippen molar-refractivity contribution in [3.8, 4) is 0 Å². The second-order valence-corrected chi connectivity index (χ2v) is 16.0. The van der Waals surface area contributed by atoms with Crippen LogP contribution in [0.25, 0.3) is 10.9 Å². The molecule has 4 amide bonds. The van der Waals surface area contributed by atoms with Crippen LogP contribution in [0.3, 0.4) is 0 Å². The van der Waals surface area contributed by atoms with Crippen LogP contribution in [0.15, 0.2) is 64.4 Å². The number of hydrogen-bond donors (Lipinski definition) is 3. The van der Waals surface area contributed by atoms with Gasteiger partial charge in [0.25, 0.3) is 5.91 Å². The summed E-state index contributed by atoms with van der Waals surface area (Å²) < 4.78 is 47.7. The maximum absolute atomic E-state index is 14.9. The van der Waals surface area contributed by atoms with Crippen molar-refractivity contribution >= 4 is 63.5 Å². The number of aryl methyl sites for hydroxylation is 2. The van der Waals surface area contributed by atoms with Gasteiger partial charge < -0.3 is 15.5 Å². The van der Waals surface area contributed by atoms with Gasteiger partial charge in [0.2, 0.25) is 23.7 Å². The highest BCUT2D eigenvalue weighted by atomic mass is 35.5.